The average molecular weight is 391 g/mol. The van der Waals surface area contributed by atoms with Gasteiger partial charge in [-0.2, -0.15) is 4.68 Å². The van der Waals surface area contributed by atoms with E-state index in [-0.39, 0.29) is 17.3 Å². The third kappa shape index (κ3) is 4.90. The Morgan fingerprint density at radius 3 is 2.31 bits per heavy atom. The molecule has 0 fully saturated rings. The first-order chi connectivity index (χ1) is 13.7. The lowest BCUT2D eigenvalue weighted by Gasteiger charge is -2.15. The van der Waals surface area contributed by atoms with E-state index in [1.165, 1.54) is 16.8 Å². The maximum Gasteiger partial charge on any atom is 0.271 e. The van der Waals surface area contributed by atoms with Crippen molar-refractivity contribution in [2.45, 2.75) is 40.7 Å². The molecule has 0 saturated carbocycles. The minimum Gasteiger partial charge on any atom is -0.463 e. The first kappa shape index (κ1) is 20.3. The molecular formula is C23H25N3O3. The van der Waals surface area contributed by atoms with Crippen LogP contribution in [-0.2, 0) is 4.79 Å². The first-order valence-electron chi connectivity index (χ1n) is 9.47. The normalized spacial score (nSPS) is 11.8. The molecular weight excluding hydrogens is 366 g/mol. The number of nitrogens with one attached hydrogen (secondary N) is 1. The van der Waals surface area contributed by atoms with Gasteiger partial charge in [0, 0.05) is 17.8 Å². The molecule has 0 spiro atoms. The predicted molar refractivity (Wildman–Crippen MR) is 114 cm³/mol. The number of anilines is 1. The van der Waals surface area contributed by atoms with E-state index >= 15 is 0 Å². The fourth-order valence-corrected chi connectivity index (χ4v) is 3.02. The summed E-state index contributed by atoms with van der Waals surface area (Å²) in [7, 11) is 0. The van der Waals surface area contributed by atoms with Crippen LogP contribution in [-0.4, -0.2) is 21.8 Å². The summed E-state index contributed by atoms with van der Waals surface area (Å²) in [5.41, 5.74) is 5.42. The summed E-state index contributed by atoms with van der Waals surface area (Å²) < 4.78 is 6.97. The van der Waals surface area contributed by atoms with Crippen molar-refractivity contribution in [3.05, 3.63) is 81.1 Å². The number of carbonyl (C=O) groups is 1. The molecule has 0 radical (unpaired) electrons. The van der Waals surface area contributed by atoms with Crippen molar-refractivity contribution in [1.29, 1.82) is 0 Å². The predicted octanol–water partition coefficient (Wildman–Crippen LogP) is 3.87. The monoisotopic (exact) mass is 391 g/mol. The highest BCUT2D eigenvalue weighted by atomic mass is 16.5. The molecule has 0 aliphatic rings. The minimum atomic E-state index is -0.783. The molecule has 2 aromatic carbocycles. The zero-order chi connectivity index (χ0) is 21.1. The van der Waals surface area contributed by atoms with Crippen LogP contribution in [0.2, 0.25) is 0 Å². The second-order valence-corrected chi connectivity index (χ2v) is 7.32. The molecule has 0 unspecified atom stereocenters. The first-order valence-corrected chi connectivity index (χ1v) is 9.47. The molecule has 6 heteroatoms. The Bertz CT molecular complexity index is 1100. The van der Waals surface area contributed by atoms with E-state index in [0.29, 0.717) is 5.69 Å². The van der Waals surface area contributed by atoms with Gasteiger partial charge in [-0.3, -0.25) is 9.59 Å². The highest BCUT2D eigenvalue weighted by Gasteiger charge is 2.17. The largest absolute Gasteiger partial charge is 0.463 e. The Hall–Kier alpha value is -3.41. The summed E-state index contributed by atoms with van der Waals surface area (Å²) in [6, 6.07) is 14.3. The van der Waals surface area contributed by atoms with Crippen LogP contribution in [0.15, 0.2) is 53.3 Å². The molecule has 0 bridgehead atoms. The number of aryl methyl sites for hydroxylation is 4. The Labute approximate surface area is 170 Å². The molecule has 29 heavy (non-hydrogen) atoms. The Kier molecular flexibility index (Phi) is 5.82. The number of aromatic nitrogens is 2. The van der Waals surface area contributed by atoms with E-state index in [2.05, 4.69) is 10.4 Å². The molecule has 0 saturated heterocycles. The van der Waals surface area contributed by atoms with Gasteiger partial charge in [0.05, 0.1) is 5.69 Å². The second-order valence-electron chi connectivity index (χ2n) is 7.32. The van der Waals surface area contributed by atoms with Gasteiger partial charge in [-0.25, -0.2) is 0 Å². The van der Waals surface area contributed by atoms with Crippen LogP contribution < -0.4 is 15.6 Å². The molecule has 1 heterocycles. The maximum atomic E-state index is 12.5. The zero-order valence-electron chi connectivity index (χ0n) is 17.3. The summed E-state index contributed by atoms with van der Waals surface area (Å²) in [6.45, 7) is 9.57. The number of hydrogen-bond donors (Lipinski definition) is 1. The molecule has 1 N–H and O–H groups in total. The van der Waals surface area contributed by atoms with Crippen molar-refractivity contribution >= 4 is 11.6 Å². The van der Waals surface area contributed by atoms with Crippen LogP contribution in [0.1, 0.15) is 29.2 Å². The number of ether oxygens (including phenoxy) is 1. The Morgan fingerprint density at radius 2 is 1.66 bits per heavy atom. The molecule has 0 aliphatic carbocycles. The van der Waals surface area contributed by atoms with Crippen LogP contribution in [0.25, 0.3) is 5.69 Å². The Morgan fingerprint density at radius 1 is 0.966 bits per heavy atom. The van der Waals surface area contributed by atoms with Gasteiger partial charge in [0.1, 0.15) is 0 Å². The Balaban J connectivity index is 1.78. The van der Waals surface area contributed by atoms with Gasteiger partial charge < -0.3 is 10.1 Å². The van der Waals surface area contributed by atoms with Gasteiger partial charge in [-0.05, 0) is 81.1 Å². The third-order valence-corrected chi connectivity index (χ3v) is 4.67. The summed E-state index contributed by atoms with van der Waals surface area (Å²) in [6.07, 6.45) is -0.783. The maximum absolute atomic E-state index is 12.5. The zero-order valence-corrected chi connectivity index (χ0v) is 17.3. The highest BCUT2D eigenvalue weighted by Crippen LogP contribution is 2.16. The van der Waals surface area contributed by atoms with Crippen LogP contribution in [0, 0.1) is 27.7 Å². The van der Waals surface area contributed by atoms with E-state index in [9.17, 15) is 9.59 Å². The van der Waals surface area contributed by atoms with E-state index in [4.69, 9.17) is 4.74 Å². The standard InChI is InChI=1S/C23H25N3O3/c1-14-10-15(2)12-19(11-14)24-23(28)18(5)29-21-8-9-22(27)26(25-21)20-7-6-16(3)17(4)13-20/h6-13,18H,1-5H3,(H,24,28)/t18-/m1/s1. The molecule has 6 nitrogen and oxygen atoms in total. The van der Waals surface area contributed by atoms with E-state index in [1.807, 2.05) is 64.1 Å². The van der Waals surface area contributed by atoms with Crippen molar-refractivity contribution in [1.82, 2.24) is 9.78 Å². The third-order valence-electron chi connectivity index (χ3n) is 4.67. The number of rotatable bonds is 5. The van der Waals surface area contributed by atoms with E-state index < -0.39 is 6.10 Å². The topological polar surface area (TPSA) is 73.2 Å². The summed E-state index contributed by atoms with van der Waals surface area (Å²) in [5.74, 6) is -0.0911. The van der Waals surface area contributed by atoms with Gasteiger partial charge in [-0.15, -0.1) is 5.10 Å². The minimum absolute atomic E-state index is 0.200. The van der Waals surface area contributed by atoms with E-state index in [0.717, 1.165) is 27.9 Å². The molecule has 3 rings (SSSR count). The van der Waals surface area contributed by atoms with Gasteiger partial charge in [-0.1, -0.05) is 12.1 Å². The van der Waals surface area contributed by atoms with Crippen LogP contribution in [0.3, 0.4) is 0 Å². The molecule has 1 atom stereocenters. The molecule has 3 aromatic rings. The fraction of sp³-hybridized carbons (Fsp3) is 0.261. The van der Waals surface area contributed by atoms with Crippen molar-refractivity contribution in [2.75, 3.05) is 5.32 Å². The fourth-order valence-electron chi connectivity index (χ4n) is 3.02. The average Bonchev–Trinajstić information content (AvgIpc) is 2.64. The molecule has 1 amide bonds. The van der Waals surface area contributed by atoms with Crippen molar-refractivity contribution < 1.29 is 9.53 Å². The smallest absolute Gasteiger partial charge is 0.271 e. The van der Waals surface area contributed by atoms with Crippen LogP contribution in [0.5, 0.6) is 5.88 Å². The second kappa shape index (κ2) is 8.31. The van der Waals surface area contributed by atoms with E-state index in [1.54, 1.807) is 6.92 Å². The number of nitrogens with zero attached hydrogens (tertiary/aromatic N) is 2. The van der Waals surface area contributed by atoms with Crippen molar-refractivity contribution in [2.24, 2.45) is 0 Å². The summed E-state index contributed by atoms with van der Waals surface area (Å²) in [4.78, 5) is 24.8. The van der Waals surface area contributed by atoms with Crippen molar-refractivity contribution in [3.8, 4) is 11.6 Å². The lowest BCUT2D eigenvalue weighted by Crippen LogP contribution is -2.31. The van der Waals surface area contributed by atoms with Crippen LogP contribution >= 0.6 is 0 Å². The summed E-state index contributed by atoms with van der Waals surface area (Å²) in [5, 5.41) is 7.13. The summed E-state index contributed by atoms with van der Waals surface area (Å²) >= 11 is 0. The lowest BCUT2D eigenvalue weighted by atomic mass is 10.1. The number of amides is 1. The SMILES string of the molecule is Cc1cc(C)cc(NC(=O)[C@@H](C)Oc2ccc(=O)n(-c3ccc(C)c(C)c3)n2)c1. The van der Waals surface area contributed by atoms with Crippen molar-refractivity contribution in [3.63, 3.8) is 0 Å². The van der Waals surface area contributed by atoms with Gasteiger partial charge >= 0.3 is 0 Å². The molecule has 0 aliphatic heterocycles. The molecule has 150 valence electrons. The number of benzene rings is 2. The quantitative estimate of drug-likeness (QED) is 0.716. The van der Waals surface area contributed by atoms with Gasteiger partial charge in [0.15, 0.2) is 6.10 Å². The van der Waals surface area contributed by atoms with Gasteiger partial charge in [0.2, 0.25) is 5.88 Å². The van der Waals surface area contributed by atoms with Crippen LogP contribution in [0.4, 0.5) is 5.69 Å². The number of carbonyl (C=O) groups excluding carboxylic acids is 1. The van der Waals surface area contributed by atoms with Gasteiger partial charge in [0.25, 0.3) is 11.5 Å². The number of hydrogen-bond acceptors (Lipinski definition) is 4. The molecule has 1 aromatic heterocycles. The lowest BCUT2D eigenvalue weighted by molar-refractivity contribution is -0.122. The highest BCUT2D eigenvalue weighted by molar-refractivity contribution is 5.94.